The molecule has 0 fully saturated rings. The molecule has 27 heavy (non-hydrogen) atoms. The number of phenolic OH excluding ortho intramolecular Hbond substituents is 1. The number of hydrogen-bond donors (Lipinski definition) is 3. The first-order valence-corrected chi connectivity index (χ1v) is 7.75. The van der Waals surface area contributed by atoms with E-state index in [0.717, 1.165) is 12.1 Å². The summed E-state index contributed by atoms with van der Waals surface area (Å²) in [6.45, 7) is 1.44. The van der Waals surface area contributed by atoms with Gasteiger partial charge in [-0.1, -0.05) is 18.2 Å². The van der Waals surface area contributed by atoms with E-state index in [1.54, 1.807) is 0 Å². The number of halogens is 3. The van der Waals surface area contributed by atoms with Gasteiger partial charge in [0.15, 0.2) is 0 Å². The van der Waals surface area contributed by atoms with Crippen LogP contribution in [0.15, 0.2) is 53.6 Å². The van der Waals surface area contributed by atoms with Crippen molar-refractivity contribution in [2.24, 2.45) is 5.10 Å². The van der Waals surface area contributed by atoms with Crippen molar-refractivity contribution in [2.75, 3.05) is 5.32 Å². The molecule has 3 N–H and O–H groups in total. The van der Waals surface area contributed by atoms with E-state index in [9.17, 15) is 27.9 Å². The Morgan fingerprint density at radius 2 is 1.81 bits per heavy atom. The van der Waals surface area contributed by atoms with E-state index in [4.69, 9.17) is 0 Å². The van der Waals surface area contributed by atoms with Crippen molar-refractivity contribution in [1.82, 2.24) is 5.43 Å². The molecule has 0 heterocycles. The number of anilines is 1. The van der Waals surface area contributed by atoms with Gasteiger partial charge in [0.05, 0.1) is 17.7 Å². The van der Waals surface area contributed by atoms with Gasteiger partial charge in [0.2, 0.25) is 5.91 Å². The number of hydrogen-bond acceptors (Lipinski definition) is 4. The Bertz CT molecular complexity index is 879. The van der Waals surface area contributed by atoms with Crippen molar-refractivity contribution in [1.29, 1.82) is 0 Å². The summed E-state index contributed by atoms with van der Waals surface area (Å²) in [7, 11) is 0. The van der Waals surface area contributed by atoms with Crippen LogP contribution in [0.1, 0.15) is 29.3 Å². The molecule has 9 heteroatoms. The molecule has 6 nitrogen and oxygen atoms in total. The lowest BCUT2D eigenvalue weighted by Gasteiger charge is -2.13. The minimum absolute atomic E-state index is 0.0916. The second-order valence-electron chi connectivity index (χ2n) is 5.61. The lowest BCUT2D eigenvalue weighted by Crippen LogP contribution is -2.22. The summed E-state index contributed by atoms with van der Waals surface area (Å²) in [4.78, 5) is 23.8. The quantitative estimate of drug-likeness (QED) is 0.548. The Labute approximate surface area is 152 Å². The predicted octanol–water partition coefficient (Wildman–Crippen LogP) is 3.55. The minimum atomic E-state index is -4.60. The molecule has 0 aliphatic carbocycles. The number of nitrogens with zero attached hydrogens (tertiary/aromatic N) is 1. The van der Waals surface area contributed by atoms with Crippen LogP contribution in [-0.4, -0.2) is 22.6 Å². The monoisotopic (exact) mass is 379 g/mol. The van der Waals surface area contributed by atoms with Gasteiger partial charge >= 0.3 is 6.18 Å². The number of para-hydroxylation sites is 1. The number of nitrogens with one attached hydrogen (secondary N) is 2. The molecule has 0 aliphatic heterocycles. The Hall–Kier alpha value is -3.36. The fourth-order valence-corrected chi connectivity index (χ4v) is 2.16. The maximum absolute atomic E-state index is 12.9. The van der Waals surface area contributed by atoms with Gasteiger partial charge in [0.1, 0.15) is 5.75 Å². The normalized spacial score (nSPS) is 11.8. The molecular formula is C18H16F3N3O3. The molecule has 0 atom stereocenters. The van der Waals surface area contributed by atoms with Gasteiger partial charge in [-0.25, -0.2) is 5.43 Å². The van der Waals surface area contributed by atoms with E-state index in [0.29, 0.717) is 0 Å². The summed E-state index contributed by atoms with van der Waals surface area (Å²) in [6, 6.07) is 10.2. The second-order valence-corrected chi connectivity index (χ2v) is 5.61. The fraction of sp³-hybridized carbons (Fsp3) is 0.167. The van der Waals surface area contributed by atoms with Gasteiger partial charge in [0.25, 0.3) is 5.91 Å². The highest BCUT2D eigenvalue weighted by atomic mass is 19.4. The summed E-state index contributed by atoms with van der Waals surface area (Å²) in [6.07, 6.45) is -4.91. The smallest absolute Gasteiger partial charge is 0.418 e. The maximum Gasteiger partial charge on any atom is 0.418 e. The lowest BCUT2D eigenvalue weighted by atomic mass is 10.1. The molecule has 2 rings (SSSR count). The molecule has 0 unspecified atom stereocenters. The molecule has 0 bridgehead atoms. The van der Waals surface area contributed by atoms with Crippen LogP contribution in [0.2, 0.25) is 0 Å². The van der Waals surface area contributed by atoms with Gasteiger partial charge in [-0.3, -0.25) is 9.59 Å². The van der Waals surface area contributed by atoms with Crippen molar-refractivity contribution in [3.63, 3.8) is 0 Å². The highest BCUT2D eigenvalue weighted by Crippen LogP contribution is 2.34. The van der Waals surface area contributed by atoms with Gasteiger partial charge in [-0.2, -0.15) is 18.3 Å². The van der Waals surface area contributed by atoms with Crippen molar-refractivity contribution < 1.29 is 27.9 Å². The number of carbonyl (C=O) groups is 2. The zero-order valence-corrected chi connectivity index (χ0v) is 14.2. The second kappa shape index (κ2) is 8.35. The average Bonchev–Trinajstić information content (AvgIpc) is 2.59. The van der Waals surface area contributed by atoms with Crippen molar-refractivity contribution in [3.8, 4) is 5.75 Å². The number of alkyl halides is 3. The Kier molecular flexibility index (Phi) is 6.17. The molecule has 0 spiro atoms. The molecular weight excluding hydrogens is 363 g/mol. The standard InChI is InChI=1S/C18H16F3N3O3/c1-11(23-24-17(27)12-5-4-6-13(25)10-12)9-16(26)22-15-8-3-2-7-14(15)18(19,20)21/h2-8,10,25H,9H2,1H3,(H,22,26)(H,24,27)/b23-11-. The average molecular weight is 379 g/mol. The largest absolute Gasteiger partial charge is 0.508 e. The number of rotatable bonds is 5. The molecule has 0 radical (unpaired) electrons. The van der Waals surface area contributed by atoms with E-state index in [2.05, 4.69) is 15.8 Å². The molecule has 2 aromatic rings. The summed E-state index contributed by atoms with van der Waals surface area (Å²) in [5, 5.41) is 15.3. The third kappa shape index (κ3) is 5.84. The number of phenols is 1. The first kappa shape index (κ1) is 20.0. The number of aromatic hydroxyl groups is 1. The molecule has 0 aliphatic rings. The fourth-order valence-electron chi connectivity index (χ4n) is 2.16. The van der Waals surface area contributed by atoms with Crippen molar-refractivity contribution in [3.05, 3.63) is 59.7 Å². The number of amides is 2. The number of carbonyl (C=O) groups excluding carboxylic acids is 2. The van der Waals surface area contributed by atoms with Crippen LogP contribution in [-0.2, 0) is 11.0 Å². The van der Waals surface area contributed by atoms with Crippen LogP contribution in [0.3, 0.4) is 0 Å². The molecule has 2 aromatic carbocycles. The summed E-state index contributed by atoms with van der Waals surface area (Å²) in [5.41, 5.74) is 1.25. The van der Waals surface area contributed by atoms with E-state index in [-0.39, 0.29) is 29.1 Å². The predicted molar refractivity (Wildman–Crippen MR) is 93.4 cm³/mol. The van der Waals surface area contributed by atoms with Crippen molar-refractivity contribution >= 4 is 23.2 Å². The van der Waals surface area contributed by atoms with Crippen LogP contribution in [0, 0.1) is 0 Å². The minimum Gasteiger partial charge on any atom is -0.508 e. The van der Waals surface area contributed by atoms with E-state index in [1.165, 1.54) is 43.3 Å². The molecule has 0 aromatic heterocycles. The Morgan fingerprint density at radius 3 is 2.48 bits per heavy atom. The SMILES string of the molecule is C/C(CC(=O)Nc1ccccc1C(F)(F)F)=N/NC(=O)c1cccc(O)c1. The number of benzene rings is 2. The highest BCUT2D eigenvalue weighted by Gasteiger charge is 2.33. The molecule has 0 saturated heterocycles. The topological polar surface area (TPSA) is 90.8 Å². The van der Waals surface area contributed by atoms with E-state index < -0.39 is 23.6 Å². The van der Waals surface area contributed by atoms with Crippen molar-refractivity contribution in [2.45, 2.75) is 19.5 Å². The van der Waals surface area contributed by atoms with Crippen LogP contribution in [0.25, 0.3) is 0 Å². The summed E-state index contributed by atoms with van der Waals surface area (Å²) < 4.78 is 38.8. The van der Waals surface area contributed by atoms with Gasteiger partial charge in [0, 0.05) is 11.3 Å². The molecule has 2 amide bonds. The number of hydrazone groups is 1. The van der Waals surface area contributed by atoms with Gasteiger partial charge in [-0.05, 0) is 37.3 Å². The molecule has 0 saturated carbocycles. The Morgan fingerprint density at radius 1 is 1.11 bits per heavy atom. The van der Waals surface area contributed by atoms with E-state index in [1.807, 2.05) is 0 Å². The molecule has 142 valence electrons. The Balaban J connectivity index is 1.98. The zero-order chi connectivity index (χ0) is 20.0. The summed E-state index contributed by atoms with van der Waals surface area (Å²) >= 11 is 0. The van der Waals surface area contributed by atoms with Crippen LogP contribution in [0.5, 0.6) is 5.75 Å². The summed E-state index contributed by atoms with van der Waals surface area (Å²) in [5.74, 6) is -1.40. The lowest BCUT2D eigenvalue weighted by molar-refractivity contribution is -0.137. The highest BCUT2D eigenvalue weighted by molar-refractivity contribution is 6.06. The first-order valence-electron chi connectivity index (χ1n) is 7.75. The van der Waals surface area contributed by atoms with Crippen LogP contribution in [0.4, 0.5) is 18.9 Å². The maximum atomic E-state index is 12.9. The first-order chi connectivity index (χ1) is 12.7. The van der Waals surface area contributed by atoms with Gasteiger partial charge in [-0.15, -0.1) is 0 Å². The zero-order valence-electron chi connectivity index (χ0n) is 14.2. The van der Waals surface area contributed by atoms with Gasteiger partial charge < -0.3 is 10.4 Å². The third-order valence-electron chi connectivity index (χ3n) is 3.38. The van der Waals surface area contributed by atoms with Crippen LogP contribution >= 0.6 is 0 Å². The van der Waals surface area contributed by atoms with E-state index >= 15 is 0 Å². The van der Waals surface area contributed by atoms with Crippen LogP contribution < -0.4 is 10.7 Å². The third-order valence-corrected chi connectivity index (χ3v) is 3.38.